The van der Waals surface area contributed by atoms with Gasteiger partial charge in [0.05, 0.1) is 5.69 Å². The highest BCUT2D eigenvalue weighted by atomic mass is 32.2. The van der Waals surface area contributed by atoms with Gasteiger partial charge in [-0.05, 0) is 49.4 Å². The maximum Gasteiger partial charge on any atom is 0.225 e. The van der Waals surface area contributed by atoms with E-state index in [1.807, 2.05) is 18.2 Å². The van der Waals surface area contributed by atoms with Crippen LogP contribution in [0.4, 0.5) is 17.5 Å². The maximum atomic E-state index is 4.75. The molecule has 1 saturated carbocycles. The number of nitrogens with one attached hydrogen (secondary N) is 2. The standard InChI is InChI=1S/C21H23N5S/c1-27-18-8-4-7-17(13-18)23-20-14-19(15-9-11-22-12-10-15)25-21(26-20)24-16-5-2-3-6-16/h4,7-14,16H,2-3,5-6H2,1H3,(H2,23,24,25,26). The monoisotopic (exact) mass is 377 g/mol. The molecule has 0 amide bonds. The van der Waals surface area contributed by atoms with Crippen molar-refractivity contribution in [1.29, 1.82) is 0 Å². The zero-order chi connectivity index (χ0) is 18.5. The van der Waals surface area contributed by atoms with Crippen LogP contribution in [0.1, 0.15) is 25.7 Å². The van der Waals surface area contributed by atoms with Crippen molar-refractivity contribution in [2.24, 2.45) is 0 Å². The summed E-state index contributed by atoms with van der Waals surface area (Å²) in [6, 6.07) is 14.7. The van der Waals surface area contributed by atoms with Crippen LogP contribution in [-0.2, 0) is 0 Å². The molecule has 0 bridgehead atoms. The Morgan fingerprint density at radius 2 is 1.81 bits per heavy atom. The minimum atomic E-state index is 0.463. The number of anilines is 3. The van der Waals surface area contributed by atoms with Crippen LogP contribution in [0.2, 0.25) is 0 Å². The lowest BCUT2D eigenvalue weighted by Gasteiger charge is -2.15. The molecule has 0 aliphatic heterocycles. The molecule has 2 heterocycles. The smallest absolute Gasteiger partial charge is 0.225 e. The van der Waals surface area contributed by atoms with Gasteiger partial charge in [0.2, 0.25) is 5.95 Å². The van der Waals surface area contributed by atoms with Gasteiger partial charge in [0, 0.05) is 40.6 Å². The lowest BCUT2D eigenvalue weighted by atomic mass is 10.2. The number of nitrogens with zero attached hydrogens (tertiary/aromatic N) is 3. The Kier molecular flexibility index (Phi) is 5.53. The Morgan fingerprint density at radius 1 is 1.00 bits per heavy atom. The van der Waals surface area contributed by atoms with Crippen LogP contribution in [0.5, 0.6) is 0 Å². The van der Waals surface area contributed by atoms with Crippen LogP contribution in [0.3, 0.4) is 0 Å². The molecule has 1 fully saturated rings. The van der Waals surface area contributed by atoms with Crippen molar-refractivity contribution in [2.75, 3.05) is 16.9 Å². The predicted octanol–water partition coefficient (Wildman–Crippen LogP) is 5.36. The minimum absolute atomic E-state index is 0.463. The van der Waals surface area contributed by atoms with Gasteiger partial charge in [0.1, 0.15) is 5.82 Å². The Hall–Kier alpha value is -2.60. The fourth-order valence-corrected chi connectivity index (χ4v) is 3.81. The first-order valence-corrected chi connectivity index (χ1v) is 10.5. The molecule has 5 nitrogen and oxygen atoms in total. The zero-order valence-electron chi connectivity index (χ0n) is 15.4. The lowest BCUT2D eigenvalue weighted by molar-refractivity contribution is 0.744. The molecule has 1 aliphatic rings. The van der Waals surface area contributed by atoms with Gasteiger partial charge < -0.3 is 10.6 Å². The van der Waals surface area contributed by atoms with E-state index in [-0.39, 0.29) is 0 Å². The van der Waals surface area contributed by atoms with Gasteiger partial charge in [-0.2, -0.15) is 4.98 Å². The molecule has 138 valence electrons. The maximum absolute atomic E-state index is 4.75. The number of thioether (sulfide) groups is 1. The summed E-state index contributed by atoms with van der Waals surface area (Å²) >= 11 is 1.73. The van der Waals surface area contributed by atoms with Crippen LogP contribution in [0.25, 0.3) is 11.3 Å². The number of hydrogen-bond donors (Lipinski definition) is 2. The normalized spacial score (nSPS) is 14.3. The van der Waals surface area contributed by atoms with Gasteiger partial charge in [-0.3, -0.25) is 4.98 Å². The molecule has 6 heteroatoms. The summed E-state index contributed by atoms with van der Waals surface area (Å²) in [4.78, 5) is 14.8. The fraction of sp³-hybridized carbons (Fsp3) is 0.286. The van der Waals surface area contributed by atoms with E-state index in [0.29, 0.717) is 12.0 Å². The minimum Gasteiger partial charge on any atom is -0.351 e. The Labute approximate surface area is 164 Å². The summed E-state index contributed by atoms with van der Waals surface area (Å²) in [5.74, 6) is 1.47. The van der Waals surface area contributed by atoms with Crippen molar-refractivity contribution in [3.8, 4) is 11.3 Å². The van der Waals surface area contributed by atoms with Crippen molar-refractivity contribution in [3.05, 3.63) is 54.9 Å². The van der Waals surface area contributed by atoms with Crippen molar-refractivity contribution >= 4 is 29.2 Å². The zero-order valence-corrected chi connectivity index (χ0v) is 16.2. The van der Waals surface area contributed by atoms with Gasteiger partial charge in [-0.1, -0.05) is 18.9 Å². The first kappa shape index (κ1) is 17.8. The third-order valence-electron chi connectivity index (χ3n) is 4.73. The molecule has 0 unspecified atom stereocenters. The number of aromatic nitrogens is 3. The number of pyridine rings is 1. The molecule has 4 rings (SSSR count). The third-order valence-corrected chi connectivity index (χ3v) is 5.46. The van der Waals surface area contributed by atoms with Gasteiger partial charge in [0.15, 0.2) is 0 Å². The van der Waals surface area contributed by atoms with Crippen molar-refractivity contribution in [1.82, 2.24) is 15.0 Å². The highest BCUT2D eigenvalue weighted by molar-refractivity contribution is 7.98. The lowest BCUT2D eigenvalue weighted by Crippen LogP contribution is -2.17. The van der Waals surface area contributed by atoms with Gasteiger partial charge >= 0.3 is 0 Å². The van der Waals surface area contributed by atoms with E-state index in [0.717, 1.165) is 22.8 Å². The molecule has 1 aromatic carbocycles. The molecule has 0 radical (unpaired) electrons. The Bertz CT molecular complexity index is 894. The van der Waals surface area contributed by atoms with E-state index in [1.54, 1.807) is 24.2 Å². The van der Waals surface area contributed by atoms with Crippen molar-refractivity contribution in [2.45, 2.75) is 36.6 Å². The summed E-state index contributed by atoms with van der Waals surface area (Å²) in [7, 11) is 0. The second-order valence-corrected chi connectivity index (χ2v) is 7.56. The summed E-state index contributed by atoms with van der Waals surface area (Å²) in [5, 5.41) is 6.95. The molecule has 0 atom stereocenters. The molecular weight excluding hydrogens is 354 g/mol. The quantitative estimate of drug-likeness (QED) is 0.564. The summed E-state index contributed by atoms with van der Waals surface area (Å²) in [5.41, 5.74) is 2.94. The van der Waals surface area contributed by atoms with Crippen LogP contribution < -0.4 is 10.6 Å². The van der Waals surface area contributed by atoms with Crippen LogP contribution >= 0.6 is 11.8 Å². The largest absolute Gasteiger partial charge is 0.351 e. The van der Waals surface area contributed by atoms with Crippen LogP contribution in [-0.4, -0.2) is 27.2 Å². The van der Waals surface area contributed by atoms with E-state index in [2.05, 4.69) is 46.1 Å². The Balaban J connectivity index is 1.66. The van der Waals surface area contributed by atoms with Gasteiger partial charge in [-0.15, -0.1) is 11.8 Å². The summed E-state index contributed by atoms with van der Waals surface area (Å²) < 4.78 is 0. The molecule has 1 aliphatic carbocycles. The highest BCUT2D eigenvalue weighted by Gasteiger charge is 2.17. The fourth-order valence-electron chi connectivity index (χ4n) is 3.35. The molecule has 27 heavy (non-hydrogen) atoms. The first-order valence-electron chi connectivity index (χ1n) is 9.27. The molecule has 2 aromatic heterocycles. The number of hydrogen-bond acceptors (Lipinski definition) is 6. The molecular formula is C21H23N5S. The third kappa shape index (κ3) is 4.57. The second kappa shape index (κ2) is 8.39. The second-order valence-electron chi connectivity index (χ2n) is 6.68. The number of rotatable bonds is 6. The van der Waals surface area contributed by atoms with Crippen LogP contribution in [0, 0.1) is 0 Å². The van der Waals surface area contributed by atoms with E-state index in [4.69, 9.17) is 9.97 Å². The van der Waals surface area contributed by atoms with E-state index < -0.39 is 0 Å². The molecule has 3 aromatic rings. The molecule has 2 N–H and O–H groups in total. The van der Waals surface area contributed by atoms with E-state index in [9.17, 15) is 0 Å². The summed E-state index contributed by atoms with van der Waals surface area (Å²) in [6.07, 6.45) is 10.6. The molecule has 0 spiro atoms. The van der Waals surface area contributed by atoms with E-state index in [1.165, 1.54) is 30.6 Å². The average Bonchev–Trinajstić information content (AvgIpc) is 3.21. The van der Waals surface area contributed by atoms with Crippen molar-refractivity contribution in [3.63, 3.8) is 0 Å². The molecule has 0 saturated heterocycles. The SMILES string of the molecule is CSc1cccc(Nc2cc(-c3ccncc3)nc(NC3CCCC3)n2)c1. The average molecular weight is 378 g/mol. The van der Waals surface area contributed by atoms with Gasteiger partial charge in [-0.25, -0.2) is 4.98 Å². The summed E-state index contributed by atoms with van der Waals surface area (Å²) in [6.45, 7) is 0. The van der Waals surface area contributed by atoms with Gasteiger partial charge in [0.25, 0.3) is 0 Å². The van der Waals surface area contributed by atoms with E-state index >= 15 is 0 Å². The van der Waals surface area contributed by atoms with Crippen LogP contribution in [0.15, 0.2) is 59.8 Å². The number of benzene rings is 1. The highest BCUT2D eigenvalue weighted by Crippen LogP contribution is 2.27. The van der Waals surface area contributed by atoms with Crippen molar-refractivity contribution < 1.29 is 0 Å². The topological polar surface area (TPSA) is 62.7 Å². The Morgan fingerprint density at radius 3 is 2.59 bits per heavy atom. The predicted molar refractivity (Wildman–Crippen MR) is 113 cm³/mol. The first-order chi connectivity index (χ1) is 13.3.